The van der Waals surface area contributed by atoms with E-state index >= 15 is 0 Å². The van der Waals surface area contributed by atoms with E-state index < -0.39 is 0 Å². The summed E-state index contributed by atoms with van der Waals surface area (Å²) in [4.78, 5) is 14.2. The number of methoxy groups -OCH3 is 1. The molecule has 0 aliphatic carbocycles. The van der Waals surface area contributed by atoms with Gasteiger partial charge in [-0.3, -0.25) is 4.79 Å². The minimum absolute atomic E-state index is 0. The second-order valence-corrected chi connectivity index (χ2v) is 5.31. The molecule has 23 heavy (non-hydrogen) atoms. The van der Waals surface area contributed by atoms with Crippen LogP contribution >= 0.6 is 12.4 Å². The monoisotopic (exact) mass is 346 g/mol. The van der Waals surface area contributed by atoms with E-state index in [2.05, 4.69) is 5.32 Å². The molecule has 2 rings (SSSR count). The largest absolute Gasteiger partial charge is 0.492 e. The molecule has 1 aliphatic heterocycles. The molecule has 1 saturated heterocycles. The number of carbonyl (C=O) groups excluding carboxylic acids is 1. The van der Waals surface area contributed by atoms with Crippen LogP contribution in [0.5, 0.6) is 5.75 Å². The second-order valence-electron chi connectivity index (χ2n) is 5.31. The van der Waals surface area contributed by atoms with Crippen molar-refractivity contribution in [2.24, 2.45) is 5.92 Å². The van der Waals surface area contributed by atoms with Gasteiger partial charge in [0.15, 0.2) is 0 Å². The number of nitrogens with zero attached hydrogens (tertiary/aromatic N) is 1. The highest BCUT2D eigenvalue weighted by Crippen LogP contribution is 2.13. The van der Waals surface area contributed by atoms with E-state index in [-0.39, 0.29) is 30.0 Å². The Morgan fingerprint density at radius 2 is 2.00 bits per heavy atom. The van der Waals surface area contributed by atoms with E-state index in [9.17, 15) is 9.18 Å². The summed E-state index contributed by atoms with van der Waals surface area (Å²) in [5.41, 5.74) is 0. The van der Waals surface area contributed by atoms with Crippen molar-refractivity contribution in [2.75, 3.05) is 46.5 Å². The topological polar surface area (TPSA) is 50.8 Å². The zero-order valence-electron chi connectivity index (χ0n) is 13.3. The first-order chi connectivity index (χ1) is 10.7. The van der Waals surface area contributed by atoms with Gasteiger partial charge in [0.2, 0.25) is 5.91 Å². The average molecular weight is 347 g/mol. The predicted octanol–water partition coefficient (Wildman–Crippen LogP) is 1.71. The van der Waals surface area contributed by atoms with Crippen LogP contribution < -0.4 is 10.1 Å². The molecular weight excluding hydrogens is 323 g/mol. The highest BCUT2D eigenvalue weighted by atomic mass is 35.5. The number of benzene rings is 1. The summed E-state index contributed by atoms with van der Waals surface area (Å²) < 4.78 is 23.5. The maximum atomic E-state index is 12.8. The second kappa shape index (κ2) is 10.4. The molecule has 0 bridgehead atoms. The van der Waals surface area contributed by atoms with E-state index in [4.69, 9.17) is 9.47 Å². The molecule has 1 amide bonds. The molecule has 1 aromatic carbocycles. The summed E-state index contributed by atoms with van der Waals surface area (Å²) >= 11 is 0. The van der Waals surface area contributed by atoms with Crippen LogP contribution in [0, 0.1) is 11.7 Å². The van der Waals surface area contributed by atoms with Gasteiger partial charge in [0.25, 0.3) is 0 Å². The Kier molecular flexibility index (Phi) is 8.91. The minimum Gasteiger partial charge on any atom is -0.492 e. The van der Waals surface area contributed by atoms with Crippen LogP contribution in [0.4, 0.5) is 4.39 Å². The number of ether oxygens (including phenoxy) is 2. The summed E-state index contributed by atoms with van der Waals surface area (Å²) in [7, 11) is 1.62. The van der Waals surface area contributed by atoms with Gasteiger partial charge >= 0.3 is 0 Å². The van der Waals surface area contributed by atoms with E-state index in [0.717, 1.165) is 19.5 Å². The fraction of sp³-hybridized carbons (Fsp3) is 0.562. The molecule has 0 saturated carbocycles. The number of nitrogens with one attached hydrogen (secondary N) is 1. The van der Waals surface area contributed by atoms with E-state index in [1.807, 2.05) is 0 Å². The van der Waals surface area contributed by atoms with Crippen molar-refractivity contribution in [3.8, 4) is 5.75 Å². The summed E-state index contributed by atoms with van der Waals surface area (Å²) in [6.45, 7) is 3.56. The number of amides is 1. The van der Waals surface area contributed by atoms with Gasteiger partial charge in [0.1, 0.15) is 18.2 Å². The maximum absolute atomic E-state index is 12.8. The fourth-order valence-corrected chi connectivity index (χ4v) is 2.46. The number of carbonyl (C=O) groups is 1. The van der Waals surface area contributed by atoms with Crippen molar-refractivity contribution in [3.05, 3.63) is 30.1 Å². The lowest BCUT2D eigenvalue weighted by molar-refractivity contribution is -0.135. The van der Waals surface area contributed by atoms with Crippen LogP contribution in [0.3, 0.4) is 0 Å². The Bertz CT molecular complexity index is 467. The quantitative estimate of drug-likeness (QED) is 0.778. The summed E-state index contributed by atoms with van der Waals surface area (Å²) in [6, 6.07) is 5.87. The van der Waals surface area contributed by atoms with Gasteiger partial charge in [-0.15, -0.1) is 12.4 Å². The Balaban J connectivity index is 0.00000264. The molecule has 0 radical (unpaired) electrons. The molecular formula is C16H24ClFN2O3. The van der Waals surface area contributed by atoms with Crippen molar-refractivity contribution in [1.29, 1.82) is 0 Å². The first-order valence-corrected chi connectivity index (χ1v) is 7.57. The summed E-state index contributed by atoms with van der Waals surface area (Å²) in [6.07, 6.45) is 0.876. The molecule has 1 atom stereocenters. The molecule has 7 heteroatoms. The molecule has 1 unspecified atom stereocenters. The van der Waals surface area contributed by atoms with Gasteiger partial charge in [0.05, 0.1) is 19.1 Å². The number of halogens is 2. The number of rotatable bonds is 8. The van der Waals surface area contributed by atoms with Gasteiger partial charge in [-0.25, -0.2) is 4.39 Å². The van der Waals surface area contributed by atoms with Crippen LogP contribution in [0.15, 0.2) is 24.3 Å². The van der Waals surface area contributed by atoms with Crippen molar-refractivity contribution in [2.45, 2.75) is 6.42 Å². The Labute approximate surface area is 142 Å². The molecule has 1 fully saturated rings. The van der Waals surface area contributed by atoms with Crippen molar-refractivity contribution < 1.29 is 18.7 Å². The van der Waals surface area contributed by atoms with Crippen molar-refractivity contribution in [1.82, 2.24) is 10.2 Å². The maximum Gasteiger partial charge on any atom is 0.227 e. The van der Waals surface area contributed by atoms with E-state index in [1.54, 1.807) is 24.1 Å². The highest BCUT2D eigenvalue weighted by molar-refractivity contribution is 5.85. The average Bonchev–Trinajstić information content (AvgIpc) is 3.06. The Hall–Kier alpha value is -1.37. The fourth-order valence-electron chi connectivity index (χ4n) is 2.46. The molecule has 1 heterocycles. The SMILES string of the molecule is COCCN(CCOc1ccc(F)cc1)C(=O)C1CCNC1.Cl. The van der Waals surface area contributed by atoms with Gasteiger partial charge in [0, 0.05) is 20.2 Å². The normalized spacial score (nSPS) is 16.7. The molecule has 5 nitrogen and oxygen atoms in total. The third-order valence-corrected chi connectivity index (χ3v) is 3.73. The molecule has 0 spiro atoms. The molecule has 1 aliphatic rings. The van der Waals surface area contributed by atoms with Crippen molar-refractivity contribution >= 4 is 18.3 Å². The van der Waals surface area contributed by atoms with Gasteiger partial charge < -0.3 is 19.7 Å². The van der Waals surface area contributed by atoms with Crippen LogP contribution in [0.25, 0.3) is 0 Å². The zero-order chi connectivity index (χ0) is 15.8. The lowest BCUT2D eigenvalue weighted by atomic mass is 10.1. The lowest BCUT2D eigenvalue weighted by Crippen LogP contribution is -2.41. The summed E-state index contributed by atoms with van der Waals surface area (Å²) in [5.74, 6) is 0.494. The van der Waals surface area contributed by atoms with E-state index in [1.165, 1.54) is 12.1 Å². The highest BCUT2D eigenvalue weighted by Gasteiger charge is 2.26. The third-order valence-electron chi connectivity index (χ3n) is 3.73. The van der Waals surface area contributed by atoms with E-state index in [0.29, 0.717) is 32.1 Å². The zero-order valence-corrected chi connectivity index (χ0v) is 14.1. The Morgan fingerprint density at radius 1 is 1.30 bits per heavy atom. The third kappa shape index (κ3) is 6.33. The van der Waals surface area contributed by atoms with Crippen LogP contribution in [0.2, 0.25) is 0 Å². The lowest BCUT2D eigenvalue weighted by Gasteiger charge is -2.25. The van der Waals surface area contributed by atoms with Gasteiger partial charge in [-0.2, -0.15) is 0 Å². The molecule has 130 valence electrons. The van der Waals surface area contributed by atoms with Gasteiger partial charge in [-0.1, -0.05) is 0 Å². The minimum atomic E-state index is -0.294. The Morgan fingerprint density at radius 3 is 2.61 bits per heavy atom. The van der Waals surface area contributed by atoms with Gasteiger partial charge in [-0.05, 0) is 37.2 Å². The summed E-state index contributed by atoms with van der Waals surface area (Å²) in [5, 5.41) is 3.21. The number of hydrogen-bond donors (Lipinski definition) is 1. The molecule has 0 aromatic heterocycles. The van der Waals surface area contributed by atoms with Crippen LogP contribution in [-0.2, 0) is 9.53 Å². The number of hydrogen-bond acceptors (Lipinski definition) is 4. The predicted molar refractivity (Wildman–Crippen MR) is 88.6 cm³/mol. The smallest absolute Gasteiger partial charge is 0.227 e. The first kappa shape index (κ1) is 19.7. The van der Waals surface area contributed by atoms with Crippen molar-refractivity contribution in [3.63, 3.8) is 0 Å². The van der Waals surface area contributed by atoms with Crippen LogP contribution in [-0.4, -0.2) is 57.3 Å². The van der Waals surface area contributed by atoms with Crippen LogP contribution in [0.1, 0.15) is 6.42 Å². The standard InChI is InChI=1S/C16H23FN2O3.ClH/c1-21-10-8-19(16(20)13-6-7-18-12-13)9-11-22-15-4-2-14(17)3-5-15;/h2-5,13,18H,6-12H2,1H3;1H. The molecule has 1 aromatic rings. The first-order valence-electron chi connectivity index (χ1n) is 7.57. The molecule has 1 N–H and O–H groups in total.